The van der Waals surface area contributed by atoms with Crippen molar-refractivity contribution in [1.29, 1.82) is 0 Å². The normalized spacial score (nSPS) is 11.2. The maximum absolute atomic E-state index is 11.6. The summed E-state index contributed by atoms with van der Waals surface area (Å²) in [6.45, 7) is 6.83. The summed E-state index contributed by atoms with van der Waals surface area (Å²) in [7, 11) is 0. The van der Waals surface area contributed by atoms with Crippen molar-refractivity contribution in [2.24, 2.45) is 0 Å². The number of amides is 1. The first-order valence-corrected chi connectivity index (χ1v) is 11.5. The number of anilines is 1. The molecule has 133 valence electrons. The fourth-order valence-electron chi connectivity index (χ4n) is 2.24. The number of carbonyl (C=O) groups is 1. The number of halogens is 1. The van der Waals surface area contributed by atoms with Gasteiger partial charge in [-0.1, -0.05) is 0 Å². The molecule has 1 radical (unpaired) electrons. The van der Waals surface area contributed by atoms with Gasteiger partial charge in [0.2, 0.25) is 0 Å². The zero-order valence-corrected chi connectivity index (χ0v) is 18.3. The van der Waals surface area contributed by atoms with E-state index < -0.39 is 6.09 Å². The molecule has 0 fully saturated rings. The van der Waals surface area contributed by atoms with Crippen LogP contribution < -0.4 is 9.67 Å². The minimum absolute atomic E-state index is 0.0462. The Morgan fingerprint density at radius 3 is 2.52 bits per heavy atom. The summed E-state index contributed by atoms with van der Waals surface area (Å²) in [5.41, 5.74) is 3.51. The predicted molar refractivity (Wildman–Crippen MR) is 109 cm³/mol. The molecule has 2 rings (SSSR count). The summed E-state index contributed by atoms with van der Waals surface area (Å²) >= 11 is 3.59. The topological polar surface area (TPSA) is 38.3 Å². The summed E-state index contributed by atoms with van der Waals surface area (Å²) < 4.78 is 7.26. The van der Waals surface area contributed by atoms with E-state index in [1.165, 1.54) is 15.5 Å². The third kappa shape index (κ3) is 6.52. The Morgan fingerprint density at radius 1 is 1.20 bits per heavy atom. The van der Waals surface area contributed by atoms with Crippen LogP contribution in [0.5, 0.6) is 0 Å². The second-order valence-electron chi connectivity index (χ2n) is 6.14. The molecule has 0 heterocycles. The molecule has 0 aliphatic rings. The van der Waals surface area contributed by atoms with Crippen molar-refractivity contribution in [3.05, 3.63) is 58.1 Å². The van der Waals surface area contributed by atoms with Crippen molar-refractivity contribution in [2.45, 2.75) is 38.3 Å². The van der Waals surface area contributed by atoms with Gasteiger partial charge in [0, 0.05) is 0 Å². The van der Waals surface area contributed by atoms with E-state index in [2.05, 4.69) is 71.5 Å². The first-order chi connectivity index (χ1) is 12.0. The summed E-state index contributed by atoms with van der Waals surface area (Å²) in [4.78, 5) is 11.6. The fourth-order valence-corrected chi connectivity index (χ4v) is 5.15. The molecule has 0 atom stereocenters. The van der Waals surface area contributed by atoms with Crippen LogP contribution in [0.2, 0.25) is 0 Å². The number of carbonyl (C=O) groups excluding carboxylic acids is 1. The summed E-state index contributed by atoms with van der Waals surface area (Å²) in [5, 5.41) is 3.86. The van der Waals surface area contributed by atoms with Gasteiger partial charge in [0.05, 0.1) is 0 Å². The molecular formula is C20H24AsBrNO2. The van der Waals surface area contributed by atoms with Gasteiger partial charge >= 0.3 is 166 Å². The monoisotopic (exact) mass is 464 g/mol. The van der Waals surface area contributed by atoms with E-state index in [9.17, 15) is 4.79 Å². The van der Waals surface area contributed by atoms with Crippen LogP contribution in [-0.2, 0) is 9.95 Å². The van der Waals surface area contributed by atoms with E-state index in [4.69, 9.17) is 4.74 Å². The third-order valence-corrected chi connectivity index (χ3v) is 6.82. The SMILES string of the molecule is CCCOC(=O)Nc1ccc([As]Cc2ccc(C(C)C)cc2)cc1Br. The van der Waals surface area contributed by atoms with Crippen LogP contribution >= 0.6 is 15.9 Å². The average molecular weight is 465 g/mol. The quantitative estimate of drug-likeness (QED) is 0.581. The van der Waals surface area contributed by atoms with Crippen molar-refractivity contribution < 1.29 is 9.53 Å². The Morgan fingerprint density at radius 2 is 1.92 bits per heavy atom. The molecule has 0 aliphatic carbocycles. The number of hydrogen-bond acceptors (Lipinski definition) is 2. The Balaban J connectivity index is 1.92. The fraction of sp³-hybridized carbons (Fsp3) is 0.350. The third-order valence-electron chi connectivity index (χ3n) is 3.72. The zero-order chi connectivity index (χ0) is 18.2. The molecule has 1 amide bonds. The van der Waals surface area contributed by atoms with Gasteiger partial charge in [-0.15, -0.1) is 0 Å². The van der Waals surface area contributed by atoms with Crippen LogP contribution in [-0.4, -0.2) is 28.5 Å². The molecule has 0 spiro atoms. The molecule has 1 N–H and O–H groups in total. The van der Waals surface area contributed by atoms with E-state index in [1.807, 2.05) is 13.0 Å². The maximum atomic E-state index is 11.6. The van der Waals surface area contributed by atoms with Crippen molar-refractivity contribution in [3.63, 3.8) is 0 Å². The van der Waals surface area contributed by atoms with Crippen LogP contribution in [0.4, 0.5) is 10.5 Å². The molecule has 2 aromatic rings. The van der Waals surface area contributed by atoms with E-state index >= 15 is 0 Å². The first kappa shape index (κ1) is 20.1. The van der Waals surface area contributed by atoms with Crippen molar-refractivity contribution in [1.82, 2.24) is 0 Å². The van der Waals surface area contributed by atoms with Gasteiger partial charge in [0.1, 0.15) is 0 Å². The average Bonchev–Trinajstić information content (AvgIpc) is 2.60. The van der Waals surface area contributed by atoms with Gasteiger partial charge in [0.15, 0.2) is 0 Å². The Labute approximate surface area is 165 Å². The van der Waals surface area contributed by atoms with Crippen LogP contribution in [0.25, 0.3) is 0 Å². The molecule has 5 heteroatoms. The number of ether oxygens (including phenoxy) is 1. The Bertz CT molecular complexity index is 701. The molecule has 3 nitrogen and oxygen atoms in total. The number of benzene rings is 2. The number of rotatable bonds is 7. The van der Waals surface area contributed by atoms with Crippen molar-refractivity contribution >= 4 is 47.8 Å². The molecule has 0 saturated heterocycles. The van der Waals surface area contributed by atoms with Crippen LogP contribution in [0, 0.1) is 0 Å². The van der Waals surface area contributed by atoms with Gasteiger partial charge < -0.3 is 0 Å². The van der Waals surface area contributed by atoms with Crippen molar-refractivity contribution in [3.8, 4) is 0 Å². The van der Waals surface area contributed by atoms with Crippen LogP contribution in [0.3, 0.4) is 0 Å². The second-order valence-corrected chi connectivity index (χ2v) is 9.40. The molecule has 2 aromatic carbocycles. The molecule has 0 saturated carbocycles. The van der Waals surface area contributed by atoms with Gasteiger partial charge in [-0.05, 0) is 0 Å². The van der Waals surface area contributed by atoms with Gasteiger partial charge in [-0.2, -0.15) is 0 Å². The van der Waals surface area contributed by atoms with Crippen LogP contribution in [0.15, 0.2) is 46.9 Å². The second kappa shape index (κ2) is 10.0. The standard InChI is InChI=1S/C20H24AsBrNO2/c1-4-11-25-20(24)23-19-10-9-17(12-18(19)22)21-13-15-5-7-16(8-6-15)14(2)3/h5-10,12,14H,4,11,13H2,1-3H3,(H,23,24). The number of nitrogens with one attached hydrogen (secondary N) is 1. The van der Waals surface area contributed by atoms with E-state index in [-0.39, 0.29) is 15.8 Å². The molecular weight excluding hydrogens is 441 g/mol. The van der Waals surface area contributed by atoms with E-state index in [0.717, 1.165) is 21.8 Å². The first-order valence-electron chi connectivity index (χ1n) is 8.49. The predicted octanol–water partition coefficient (Wildman–Crippen LogP) is 5.06. The molecule has 0 aliphatic heterocycles. The summed E-state index contributed by atoms with van der Waals surface area (Å²) in [6, 6.07) is 15.0. The van der Waals surface area contributed by atoms with Gasteiger partial charge in [-0.25, -0.2) is 0 Å². The van der Waals surface area contributed by atoms with Crippen molar-refractivity contribution in [2.75, 3.05) is 11.9 Å². The summed E-state index contributed by atoms with van der Waals surface area (Å²) in [6.07, 6.45) is 0.406. The molecule has 0 bridgehead atoms. The Hall–Kier alpha value is -1.25. The van der Waals surface area contributed by atoms with Crippen LogP contribution in [0.1, 0.15) is 44.2 Å². The molecule has 0 unspecified atom stereocenters. The summed E-state index contributed by atoms with van der Waals surface area (Å²) in [5.74, 6) is 0.572. The molecule has 0 aromatic heterocycles. The number of hydrogen-bond donors (Lipinski definition) is 1. The van der Waals surface area contributed by atoms with Gasteiger partial charge in [0.25, 0.3) is 0 Å². The Kier molecular flexibility index (Phi) is 8.05. The molecule has 25 heavy (non-hydrogen) atoms. The van der Waals surface area contributed by atoms with E-state index in [1.54, 1.807) is 0 Å². The zero-order valence-electron chi connectivity index (χ0n) is 14.9. The van der Waals surface area contributed by atoms with Gasteiger partial charge in [-0.3, -0.25) is 0 Å². The van der Waals surface area contributed by atoms with E-state index in [0.29, 0.717) is 12.5 Å². The minimum atomic E-state index is -0.409.